The van der Waals surface area contributed by atoms with Crippen LogP contribution >= 0.6 is 11.8 Å². The number of aromatic nitrogens is 4. The first-order valence-electron chi connectivity index (χ1n) is 8.79. The molecule has 0 bridgehead atoms. The highest BCUT2D eigenvalue weighted by Crippen LogP contribution is 2.25. The Labute approximate surface area is 167 Å². The van der Waals surface area contributed by atoms with Gasteiger partial charge in [-0.1, -0.05) is 17.8 Å². The Balaban J connectivity index is 1.70. The monoisotopic (exact) mass is 395 g/mol. The van der Waals surface area contributed by atoms with Crippen LogP contribution in [0.5, 0.6) is 0 Å². The molecule has 0 saturated heterocycles. The highest BCUT2D eigenvalue weighted by molar-refractivity contribution is 8.00. The van der Waals surface area contributed by atoms with Gasteiger partial charge in [-0.15, -0.1) is 5.10 Å². The molecule has 0 aliphatic carbocycles. The van der Waals surface area contributed by atoms with Gasteiger partial charge < -0.3 is 5.32 Å². The zero-order valence-electron chi connectivity index (χ0n) is 16.1. The predicted molar refractivity (Wildman–Crippen MR) is 109 cm³/mol. The minimum atomic E-state index is -0.413. The molecule has 0 spiro atoms. The number of anilines is 1. The molecule has 1 N–H and O–H groups in total. The van der Waals surface area contributed by atoms with Gasteiger partial charge in [0.15, 0.2) is 5.78 Å². The molecule has 1 amide bonds. The first-order chi connectivity index (χ1) is 13.3. The van der Waals surface area contributed by atoms with E-state index in [0.717, 1.165) is 11.3 Å². The lowest BCUT2D eigenvalue weighted by molar-refractivity contribution is -0.115. The summed E-state index contributed by atoms with van der Waals surface area (Å²) in [6.07, 6.45) is 0. The number of tetrazole rings is 1. The van der Waals surface area contributed by atoms with E-state index in [9.17, 15) is 9.59 Å². The molecular formula is C20H21N5O2S. The highest BCUT2D eigenvalue weighted by atomic mass is 32.2. The fourth-order valence-corrected chi connectivity index (χ4v) is 3.32. The molecule has 0 radical (unpaired) electrons. The number of carbonyl (C=O) groups is 2. The van der Waals surface area contributed by atoms with E-state index in [1.165, 1.54) is 24.2 Å². The zero-order valence-corrected chi connectivity index (χ0v) is 16.9. The van der Waals surface area contributed by atoms with Gasteiger partial charge in [0.1, 0.15) is 0 Å². The number of nitrogens with one attached hydrogen (secondary N) is 1. The van der Waals surface area contributed by atoms with E-state index in [1.54, 1.807) is 35.9 Å². The number of benzene rings is 2. The molecule has 0 fully saturated rings. The van der Waals surface area contributed by atoms with Crippen molar-refractivity contribution in [1.29, 1.82) is 0 Å². The highest BCUT2D eigenvalue weighted by Gasteiger charge is 2.19. The molecule has 0 saturated carbocycles. The van der Waals surface area contributed by atoms with E-state index in [2.05, 4.69) is 20.8 Å². The van der Waals surface area contributed by atoms with E-state index >= 15 is 0 Å². The zero-order chi connectivity index (χ0) is 20.3. The van der Waals surface area contributed by atoms with Gasteiger partial charge in [-0.3, -0.25) is 9.59 Å². The van der Waals surface area contributed by atoms with E-state index < -0.39 is 5.25 Å². The summed E-state index contributed by atoms with van der Waals surface area (Å²) in [6, 6.07) is 12.8. The van der Waals surface area contributed by atoms with Crippen LogP contribution in [0.4, 0.5) is 5.69 Å². The van der Waals surface area contributed by atoms with Crippen LogP contribution in [0.3, 0.4) is 0 Å². The summed E-state index contributed by atoms with van der Waals surface area (Å²) in [5.74, 6) is -0.185. The molecule has 3 rings (SSSR count). The van der Waals surface area contributed by atoms with Gasteiger partial charge >= 0.3 is 0 Å². The Morgan fingerprint density at radius 1 is 1.07 bits per heavy atom. The van der Waals surface area contributed by atoms with Crippen LogP contribution < -0.4 is 5.32 Å². The minimum Gasteiger partial charge on any atom is -0.325 e. The summed E-state index contributed by atoms with van der Waals surface area (Å²) in [4.78, 5) is 23.9. The molecule has 7 nitrogen and oxygen atoms in total. The summed E-state index contributed by atoms with van der Waals surface area (Å²) >= 11 is 1.28. The number of hydrogen-bond acceptors (Lipinski definition) is 6. The third kappa shape index (κ3) is 4.45. The maximum atomic E-state index is 12.5. The Bertz CT molecular complexity index is 1010. The average Bonchev–Trinajstić information content (AvgIpc) is 3.12. The molecule has 0 unspecified atom stereocenters. The van der Waals surface area contributed by atoms with Crippen molar-refractivity contribution in [3.8, 4) is 5.69 Å². The maximum Gasteiger partial charge on any atom is 0.237 e. The van der Waals surface area contributed by atoms with Crippen molar-refractivity contribution in [3.05, 3.63) is 59.2 Å². The lowest BCUT2D eigenvalue weighted by Gasteiger charge is -2.12. The third-order valence-corrected chi connectivity index (χ3v) is 5.42. The summed E-state index contributed by atoms with van der Waals surface area (Å²) < 4.78 is 1.63. The van der Waals surface area contributed by atoms with Crippen LogP contribution in [-0.2, 0) is 4.79 Å². The van der Waals surface area contributed by atoms with Gasteiger partial charge in [0.05, 0.1) is 10.9 Å². The summed E-state index contributed by atoms with van der Waals surface area (Å²) in [5.41, 5.74) is 4.42. The number of amides is 1. The van der Waals surface area contributed by atoms with Crippen LogP contribution in [0.15, 0.2) is 47.6 Å². The molecule has 144 valence electrons. The van der Waals surface area contributed by atoms with E-state index in [0.29, 0.717) is 16.4 Å². The van der Waals surface area contributed by atoms with Crippen LogP contribution in [0, 0.1) is 13.8 Å². The van der Waals surface area contributed by atoms with Gasteiger partial charge in [-0.25, -0.2) is 0 Å². The number of ketones is 1. The largest absolute Gasteiger partial charge is 0.325 e. The first-order valence-corrected chi connectivity index (χ1v) is 9.67. The number of nitrogens with zero attached hydrogens (tertiary/aromatic N) is 4. The molecule has 0 aliphatic heterocycles. The third-order valence-electron chi connectivity index (χ3n) is 4.39. The van der Waals surface area contributed by atoms with Gasteiger partial charge in [0, 0.05) is 11.3 Å². The Morgan fingerprint density at radius 3 is 2.43 bits per heavy atom. The number of Topliss-reactive ketones (excluding diaryl/α,β-unsaturated/α-hetero) is 1. The second kappa shape index (κ2) is 8.35. The summed E-state index contributed by atoms with van der Waals surface area (Å²) in [7, 11) is 0. The normalized spacial score (nSPS) is 11.9. The number of rotatable bonds is 6. The molecule has 3 aromatic rings. The number of thioether (sulfide) groups is 1. The molecule has 28 heavy (non-hydrogen) atoms. The van der Waals surface area contributed by atoms with Crippen LogP contribution in [0.1, 0.15) is 35.3 Å². The Morgan fingerprint density at radius 2 is 1.79 bits per heavy atom. The number of hydrogen-bond donors (Lipinski definition) is 1. The number of aryl methyl sites for hydroxylation is 2. The standard InChI is InChI=1S/C20H21N5O2S/c1-12-5-10-18(11-13(12)2)25-20(22-23-24-25)28-15(4)19(27)21-17-8-6-16(7-9-17)14(3)26/h5-11,15H,1-4H3,(H,21,27)/t15-/m1/s1. The van der Waals surface area contributed by atoms with Crippen LogP contribution in [-0.4, -0.2) is 37.1 Å². The maximum absolute atomic E-state index is 12.5. The average molecular weight is 395 g/mol. The minimum absolute atomic E-state index is 0.0139. The van der Waals surface area contributed by atoms with Crippen molar-refractivity contribution in [1.82, 2.24) is 20.2 Å². The first kappa shape index (κ1) is 19.8. The predicted octanol–water partition coefficient (Wildman–Crippen LogP) is 3.60. The van der Waals surface area contributed by atoms with Crippen molar-refractivity contribution in [2.45, 2.75) is 38.1 Å². The van der Waals surface area contributed by atoms with Crippen LogP contribution in [0.25, 0.3) is 5.69 Å². The quantitative estimate of drug-likeness (QED) is 0.507. The van der Waals surface area contributed by atoms with Crippen molar-refractivity contribution >= 4 is 29.1 Å². The molecule has 1 aromatic heterocycles. The molecule has 2 aromatic carbocycles. The molecule has 0 aliphatic rings. The van der Waals surface area contributed by atoms with E-state index in [4.69, 9.17) is 0 Å². The van der Waals surface area contributed by atoms with E-state index in [-0.39, 0.29) is 11.7 Å². The molecule has 1 heterocycles. The lowest BCUT2D eigenvalue weighted by Crippen LogP contribution is -2.23. The Kier molecular flexibility index (Phi) is 5.89. The Hall–Kier alpha value is -3.00. The number of carbonyl (C=O) groups excluding carboxylic acids is 2. The fraction of sp³-hybridized carbons (Fsp3) is 0.250. The van der Waals surface area contributed by atoms with Gasteiger partial charge in [0.25, 0.3) is 0 Å². The van der Waals surface area contributed by atoms with Crippen molar-refractivity contribution in [3.63, 3.8) is 0 Å². The second-order valence-electron chi connectivity index (χ2n) is 6.52. The fourth-order valence-electron chi connectivity index (χ4n) is 2.52. The van der Waals surface area contributed by atoms with Crippen molar-refractivity contribution in [2.24, 2.45) is 0 Å². The topological polar surface area (TPSA) is 89.8 Å². The molecule has 1 atom stereocenters. The van der Waals surface area contributed by atoms with Crippen LogP contribution in [0.2, 0.25) is 0 Å². The SMILES string of the molecule is CC(=O)c1ccc(NC(=O)[C@@H](C)Sc2nnnn2-c2ccc(C)c(C)c2)cc1. The second-order valence-corrected chi connectivity index (χ2v) is 7.83. The van der Waals surface area contributed by atoms with E-state index in [1.807, 2.05) is 32.0 Å². The van der Waals surface area contributed by atoms with Crippen molar-refractivity contribution < 1.29 is 9.59 Å². The smallest absolute Gasteiger partial charge is 0.237 e. The lowest BCUT2D eigenvalue weighted by atomic mass is 10.1. The summed E-state index contributed by atoms with van der Waals surface area (Å²) in [5, 5.41) is 14.8. The summed E-state index contributed by atoms with van der Waals surface area (Å²) in [6.45, 7) is 7.38. The molecule has 8 heteroatoms. The van der Waals surface area contributed by atoms with Crippen molar-refractivity contribution in [2.75, 3.05) is 5.32 Å². The van der Waals surface area contributed by atoms with Gasteiger partial charge in [-0.2, -0.15) is 4.68 Å². The van der Waals surface area contributed by atoms with Gasteiger partial charge in [0.2, 0.25) is 11.1 Å². The molecular weight excluding hydrogens is 374 g/mol. The van der Waals surface area contributed by atoms with Gasteiger partial charge in [-0.05, 0) is 85.6 Å².